The predicted molar refractivity (Wildman–Crippen MR) is 211 cm³/mol. The molecule has 45 heavy (non-hydrogen) atoms. The highest BCUT2D eigenvalue weighted by Crippen LogP contribution is 2.36. The van der Waals surface area contributed by atoms with Gasteiger partial charge in [0.2, 0.25) is 0 Å². The first-order valence-corrected chi connectivity index (χ1v) is 17.0. The molecule has 3 heterocycles. The molecule has 0 aliphatic carbocycles. The molecule has 0 unspecified atom stereocenters. The Hall–Kier alpha value is -3.53. The van der Waals surface area contributed by atoms with Gasteiger partial charge < -0.3 is 4.98 Å². The molecule has 0 aliphatic heterocycles. The first-order chi connectivity index (χ1) is 21.6. The van der Waals surface area contributed by atoms with Crippen molar-refractivity contribution in [1.82, 2.24) is 14.3 Å². The van der Waals surface area contributed by atoms with Gasteiger partial charge in [0.05, 0.1) is 22.1 Å². The van der Waals surface area contributed by atoms with E-state index in [1.807, 2.05) is 6.07 Å². The number of nitrogens with one attached hydrogen (secondary N) is 1. The van der Waals surface area contributed by atoms with Gasteiger partial charge >= 0.3 is 0 Å². The number of aromatic nitrogens is 3. The first kappa shape index (κ1) is 31.5. The molecule has 1 N–H and O–H groups in total. The summed E-state index contributed by atoms with van der Waals surface area (Å²) in [6, 6.07) is 45.2. The largest absolute Gasteiger partial charge is 0.355 e. The molecule has 0 bridgehead atoms. The number of H-pyrrole nitrogens is 1. The van der Waals surface area contributed by atoms with Crippen LogP contribution in [-0.4, -0.2) is 14.3 Å². The van der Waals surface area contributed by atoms with Crippen LogP contribution in [0.15, 0.2) is 136 Å². The van der Waals surface area contributed by atoms with Gasteiger partial charge in [-0.2, -0.15) is 13.5 Å². The SMILES string of the molecule is Brc1ccc2[nH]c3ccccc3c2c1.Cc1ccc2c(c1)c1ccccc1n2-n1c2ccccc2c2cc(Br)ccc21.S.S=S. The molecule has 9 rings (SSSR count). The summed E-state index contributed by atoms with van der Waals surface area (Å²) in [5.74, 6) is 0. The fraction of sp³-hybridized carbons (Fsp3) is 0.0270. The Kier molecular flexibility index (Phi) is 9.13. The second-order valence-electron chi connectivity index (χ2n) is 10.7. The van der Waals surface area contributed by atoms with Crippen molar-refractivity contribution < 1.29 is 0 Å². The van der Waals surface area contributed by atoms with Crippen LogP contribution in [-0.2, 0) is 22.4 Å². The van der Waals surface area contributed by atoms with E-state index >= 15 is 0 Å². The van der Waals surface area contributed by atoms with E-state index in [4.69, 9.17) is 0 Å². The van der Waals surface area contributed by atoms with Gasteiger partial charge in [0, 0.05) is 74.7 Å². The molecule has 0 spiro atoms. The Morgan fingerprint density at radius 3 is 1.56 bits per heavy atom. The third-order valence-corrected chi connectivity index (χ3v) is 9.07. The summed E-state index contributed by atoms with van der Waals surface area (Å²) in [6.07, 6.45) is 0. The molecule has 3 nitrogen and oxygen atoms in total. The van der Waals surface area contributed by atoms with Crippen LogP contribution in [0.3, 0.4) is 0 Å². The fourth-order valence-electron chi connectivity index (χ4n) is 6.24. The summed E-state index contributed by atoms with van der Waals surface area (Å²) < 4.78 is 6.94. The van der Waals surface area contributed by atoms with Gasteiger partial charge in [0.25, 0.3) is 0 Å². The van der Waals surface area contributed by atoms with Gasteiger partial charge in [-0.05, 0) is 73.7 Å². The lowest BCUT2D eigenvalue weighted by molar-refractivity contribution is 0.774. The molecular formula is C37H27Br2N3S3. The van der Waals surface area contributed by atoms with Gasteiger partial charge in [-0.25, -0.2) is 9.35 Å². The molecule has 0 atom stereocenters. The Labute approximate surface area is 294 Å². The maximum atomic E-state index is 3.67. The topological polar surface area (TPSA) is 25.6 Å². The molecular weight excluding hydrogens is 742 g/mol. The summed E-state index contributed by atoms with van der Waals surface area (Å²) in [6.45, 7) is 2.16. The van der Waals surface area contributed by atoms with Crippen molar-refractivity contribution in [1.29, 1.82) is 0 Å². The van der Waals surface area contributed by atoms with Crippen LogP contribution in [0.25, 0.3) is 65.4 Å². The van der Waals surface area contributed by atoms with Crippen molar-refractivity contribution in [2.75, 3.05) is 0 Å². The molecule has 6 aromatic carbocycles. The molecule has 0 saturated carbocycles. The average molecular weight is 770 g/mol. The number of halogens is 2. The zero-order valence-corrected chi connectivity index (χ0v) is 29.9. The fourth-order valence-corrected chi connectivity index (χ4v) is 6.96. The molecule has 8 heteroatoms. The molecule has 0 radical (unpaired) electrons. The number of benzene rings is 6. The van der Waals surface area contributed by atoms with E-state index in [1.165, 1.54) is 71.0 Å². The van der Waals surface area contributed by atoms with Crippen molar-refractivity contribution in [3.05, 3.63) is 142 Å². The number of aryl methyl sites for hydroxylation is 1. The van der Waals surface area contributed by atoms with Gasteiger partial charge in [-0.15, -0.1) is 0 Å². The lowest BCUT2D eigenvalue weighted by Gasteiger charge is -2.13. The van der Waals surface area contributed by atoms with Crippen LogP contribution in [0.5, 0.6) is 0 Å². The monoisotopic (exact) mass is 767 g/mol. The zero-order chi connectivity index (χ0) is 30.4. The highest BCUT2D eigenvalue weighted by atomic mass is 79.9. The molecule has 0 fully saturated rings. The van der Waals surface area contributed by atoms with E-state index in [0.29, 0.717) is 0 Å². The lowest BCUT2D eigenvalue weighted by atomic mass is 10.1. The van der Waals surface area contributed by atoms with E-state index in [2.05, 4.69) is 197 Å². The number of hydrogen-bond acceptors (Lipinski definition) is 2. The zero-order valence-electron chi connectivity index (χ0n) is 24.1. The maximum Gasteiger partial charge on any atom is 0.0717 e. The number of rotatable bonds is 1. The second kappa shape index (κ2) is 13.1. The van der Waals surface area contributed by atoms with E-state index < -0.39 is 0 Å². The van der Waals surface area contributed by atoms with Crippen molar-refractivity contribution in [3.8, 4) is 0 Å². The Bertz CT molecular complexity index is 2380. The van der Waals surface area contributed by atoms with Crippen LogP contribution in [0.4, 0.5) is 0 Å². The van der Waals surface area contributed by atoms with Crippen molar-refractivity contribution >= 4 is 133 Å². The second-order valence-corrected chi connectivity index (χ2v) is 12.5. The van der Waals surface area contributed by atoms with E-state index in [-0.39, 0.29) is 13.5 Å². The summed E-state index contributed by atoms with van der Waals surface area (Å²) in [5, 5.41) is 7.64. The van der Waals surface area contributed by atoms with Crippen LogP contribution < -0.4 is 0 Å². The average Bonchev–Trinajstić information content (AvgIpc) is 3.69. The standard InChI is InChI=1S/C25H17BrN2.C12H8BrN.S2.H2S/c1-16-10-12-24-20(14-16)18-6-2-4-8-22(18)27(24)28-23-9-5-3-7-19(23)21-15-17(26)11-13-25(21)28;13-8-5-6-12-10(7-8)9-3-1-2-4-11(9)14-12;1-2;/h2-15H,1H3;1-7,14H;;1H2. The normalized spacial score (nSPS) is 11.0. The van der Waals surface area contributed by atoms with Gasteiger partial charge in [0.15, 0.2) is 0 Å². The maximum absolute atomic E-state index is 3.67. The number of aromatic amines is 1. The van der Waals surface area contributed by atoms with Crippen molar-refractivity contribution in [2.24, 2.45) is 0 Å². The van der Waals surface area contributed by atoms with Gasteiger partial charge in [-0.1, -0.05) is 98.1 Å². The number of hydrogen-bond donors (Lipinski definition) is 1. The summed E-state index contributed by atoms with van der Waals surface area (Å²) in [7, 11) is 0. The minimum atomic E-state index is 0. The highest BCUT2D eigenvalue weighted by molar-refractivity contribution is 9.10. The quantitative estimate of drug-likeness (QED) is 0.180. The Morgan fingerprint density at radius 2 is 0.911 bits per heavy atom. The van der Waals surface area contributed by atoms with Gasteiger partial charge in [-0.3, -0.25) is 0 Å². The van der Waals surface area contributed by atoms with E-state index in [1.54, 1.807) is 0 Å². The number of fused-ring (bicyclic) bond motifs is 9. The van der Waals surface area contributed by atoms with Crippen LogP contribution in [0.1, 0.15) is 5.56 Å². The lowest BCUT2D eigenvalue weighted by Crippen LogP contribution is -2.08. The van der Waals surface area contributed by atoms with Crippen LogP contribution in [0, 0.1) is 6.92 Å². The van der Waals surface area contributed by atoms with Crippen LogP contribution >= 0.6 is 45.4 Å². The predicted octanol–water partition coefficient (Wildman–Crippen LogP) is 11.5. The number of para-hydroxylation sites is 3. The first-order valence-electron chi connectivity index (χ1n) is 14.1. The van der Waals surface area contributed by atoms with E-state index in [9.17, 15) is 0 Å². The Balaban J connectivity index is 0.000000177. The molecule has 0 saturated heterocycles. The smallest absolute Gasteiger partial charge is 0.0717 e. The Morgan fingerprint density at radius 1 is 0.467 bits per heavy atom. The third kappa shape index (κ3) is 5.49. The summed E-state index contributed by atoms with van der Waals surface area (Å²) in [5.41, 5.74) is 8.51. The molecule has 9 aromatic rings. The molecule has 222 valence electrons. The van der Waals surface area contributed by atoms with Crippen molar-refractivity contribution in [2.45, 2.75) is 6.92 Å². The molecule has 0 aliphatic rings. The van der Waals surface area contributed by atoms with Crippen LogP contribution in [0.2, 0.25) is 0 Å². The summed E-state index contributed by atoms with van der Waals surface area (Å²) >= 11 is 14.5. The van der Waals surface area contributed by atoms with Crippen molar-refractivity contribution in [3.63, 3.8) is 0 Å². The van der Waals surface area contributed by atoms with E-state index in [0.717, 1.165) is 8.95 Å². The minimum absolute atomic E-state index is 0. The molecule has 0 amide bonds. The number of nitrogens with zero attached hydrogens (tertiary/aromatic N) is 2. The third-order valence-electron chi connectivity index (χ3n) is 8.08. The minimum Gasteiger partial charge on any atom is -0.355 e. The summed E-state index contributed by atoms with van der Waals surface area (Å²) in [4.78, 5) is 3.38. The van der Waals surface area contributed by atoms with Gasteiger partial charge in [0.1, 0.15) is 0 Å². The molecule has 3 aromatic heterocycles. The highest BCUT2D eigenvalue weighted by Gasteiger charge is 2.17.